The van der Waals surface area contributed by atoms with Crippen LogP contribution in [0.1, 0.15) is 0 Å². The minimum Gasteiger partial charge on any atom is -0.380 e. The molecule has 3 nitrogen and oxygen atoms in total. The highest BCUT2D eigenvalue weighted by Gasteiger charge is 2.48. The minimum absolute atomic E-state index is 0.559. The molecule has 0 radical (unpaired) electrons. The van der Waals surface area contributed by atoms with Gasteiger partial charge >= 0.3 is 0 Å². The Morgan fingerprint density at radius 2 is 2.11 bits per heavy atom. The molecular formula is C6H12N2O. The van der Waals surface area contributed by atoms with E-state index < -0.39 is 0 Å². The Hall–Kier alpha value is -0.120. The maximum Gasteiger partial charge on any atom is 0.0570 e. The maximum absolute atomic E-state index is 5.12. The van der Waals surface area contributed by atoms with Gasteiger partial charge in [0.25, 0.3) is 0 Å². The summed E-state index contributed by atoms with van der Waals surface area (Å²) in [5, 5.41) is 2.21. The molecule has 0 aromatic heterocycles. The SMILES string of the molecule is CNN1CC2(COC2)C1. The fourth-order valence-corrected chi connectivity index (χ4v) is 1.49. The minimum atomic E-state index is 0.559. The second-order valence-electron chi connectivity index (χ2n) is 3.07. The second kappa shape index (κ2) is 1.68. The van der Waals surface area contributed by atoms with Gasteiger partial charge in [-0.25, -0.2) is 5.01 Å². The van der Waals surface area contributed by atoms with Gasteiger partial charge in [-0.2, -0.15) is 0 Å². The van der Waals surface area contributed by atoms with Gasteiger partial charge in [0.2, 0.25) is 0 Å². The van der Waals surface area contributed by atoms with Crippen molar-refractivity contribution in [2.45, 2.75) is 0 Å². The molecule has 0 atom stereocenters. The summed E-state index contributed by atoms with van der Waals surface area (Å²) in [4.78, 5) is 0. The van der Waals surface area contributed by atoms with Crippen LogP contribution in [-0.2, 0) is 4.74 Å². The highest BCUT2D eigenvalue weighted by atomic mass is 16.5. The highest BCUT2D eigenvalue weighted by Crippen LogP contribution is 2.35. The van der Waals surface area contributed by atoms with Crippen molar-refractivity contribution >= 4 is 0 Å². The van der Waals surface area contributed by atoms with Crippen LogP contribution in [0.3, 0.4) is 0 Å². The van der Waals surface area contributed by atoms with Crippen LogP contribution < -0.4 is 5.43 Å². The molecule has 0 saturated carbocycles. The molecule has 2 heterocycles. The number of rotatable bonds is 1. The van der Waals surface area contributed by atoms with E-state index in [2.05, 4.69) is 10.4 Å². The largest absolute Gasteiger partial charge is 0.380 e. The van der Waals surface area contributed by atoms with Crippen molar-refractivity contribution in [1.82, 2.24) is 10.4 Å². The van der Waals surface area contributed by atoms with Gasteiger partial charge in [0.15, 0.2) is 0 Å². The van der Waals surface area contributed by atoms with Crippen LogP contribution in [0.2, 0.25) is 0 Å². The summed E-state index contributed by atoms with van der Waals surface area (Å²) in [7, 11) is 1.96. The Labute approximate surface area is 54.9 Å². The number of hydrogen-bond donors (Lipinski definition) is 1. The molecule has 52 valence electrons. The van der Waals surface area contributed by atoms with E-state index in [9.17, 15) is 0 Å². The van der Waals surface area contributed by atoms with Gasteiger partial charge in [0, 0.05) is 18.5 Å². The van der Waals surface area contributed by atoms with Crippen LogP contribution in [0.25, 0.3) is 0 Å². The van der Waals surface area contributed by atoms with Crippen molar-refractivity contribution in [3.05, 3.63) is 0 Å². The summed E-state index contributed by atoms with van der Waals surface area (Å²) >= 11 is 0. The topological polar surface area (TPSA) is 24.5 Å². The first-order chi connectivity index (χ1) is 4.35. The van der Waals surface area contributed by atoms with Crippen molar-refractivity contribution in [3.8, 4) is 0 Å². The molecule has 2 aliphatic rings. The number of nitrogens with one attached hydrogen (secondary N) is 1. The molecule has 0 bridgehead atoms. The van der Waals surface area contributed by atoms with Crippen LogP contribution in [-0.4, -0.2) is 38.4 Å². The third-order valence-corrected chi connectivity index (χ3v) is 2.19. The van der Waals surface area contributed by atoms with E-state index >= 15 is 0 Å². The van der Waals surface area contributed by atoms with Crippen molar-refractivity contribution in [2.75, 3.05) is 33.4 Å². The zero-order valence-electron chi connectivity index (χ0n) is 5.68. The monoisotopic (exact) mass is 128 g/mol. The Balaban J connectivity index is 1.82. The molecule has 0 amide bonds. The van der Waals surface area contributed by atoms with Gasteiger partial charge in [0.05, 0.1) is 13.2 Å². The van der Waals surface area contributed by atoms with Gasteiger partial charge in [-0.1, -0.05) is 0 Å². The zero-order chi connectivity index (χ0) is 6.32. The zero-order valence-corrected chi connectivity index (χ0v) is 5.68. The fourth-order valence-electron chi connectivity index (χ4n) is 1.49. The molecule has 1 spiro atoms. The molecule has 0 aliphatic carbocycles. The number of nitrogens with zero attached hydrogens (tertiary/aromatic N) is 1. The average molecular weight is 128 g/mol. The summed E-state index contributed by atoms with van der Waals surface area (Å²) in [6.07, 6.45) is 0. The first kappa shape index (κ1) is 5.65. The summed E-state index contributed by atoms with van der Waals surface area (Å²) in [5.74, 6) is 0. The molecule has 2 fully saturated rings. The van der Waals surface area contributed by atoms with Crippen molar-refractivity contribution in [1.29, 1.82) is 0 Å². The third-order valence-electron chi connectivity index (χ3n) is 2.19. The summed E-state index contributed by atoms with van der Waals surface area (Å²) in [6.45, 7) is 4.30. The molecule has 0 aromatic carbocycles. The van der Waals surface area contributed by atoms with Crippen LogP contribution in [0.4, 0.5) is 0 Å². The summed E-state index contributed by atoms with van der Waals surface area (Å²) < 4.78 is 5.12. The van der Waals surface area contributed by atoms with Gasteiger partial charge in [-0.15, -0.1) is 0 Å². The molecule has 2 aliphatic heterocycles. The van der Waals surface area contributed by atoms with E-state index in [-0.39, 0.29) is 0 Å². The Morgan fingerprint density at radius 1 is 1.44 bits per heavy atom. The lowest BCUT2D eigenvalue weighted by atomic mass is 9.79. The quantitative estimate of drug-likeness (QED) is 0.513. The first-order valence-electron chi connectivity index (χ1n) is 3.35. The van der Waals surface area contributed by atoms with Crippen LogP contribution in [0, 0.1) is 5.41 Å². The third kappa shape index (κ3) is 0.689. The van der Waals surface area contributed by atoms with Crippen LogP contribution in [0.15, 0.2) is 0 Å². The highest BCUT2D eigenvalue weighted by molar-refractivity contribution is 4.97. The molecule has 0 unspecified atom stereocenters. The lowest BCUT2D eigenvalue weighted by Gasteiger charge is -2.54. The number of ether oxygens (including phenoxy) is 1. The Kier molecular flexibility index (Phi) is 1.06. The predicted octanol–water partition coefficient (Wildman–Crippen LogP) is -0.547. The van der Waals surface area contributed by atoms with Crippen molar-refractivity contribution in [3.63, 3.8) is 0 Å². The number of hydrogen-bond acceptors (Lipinski definition) is 3. The van der Waals surface area contributed by atoms with E-state index in [0.29, 0.717) is 5.41 Å². The predicted molar refractivity (Wildman–Crippen MR) is 33.9 cm³/mol. The van der Waals surface area contributed by atoms with Crippen LogP contribution in [0.5, 0.6) is 0 Å². The van der Waals surface area contributed by atoms with E-state index in [4.69, 9.17) is 4.74 Å². The van der Waals surface area contributed by atoms with Crippen LogP contribution >= 0.6 is 0 Å². The molecule has 2 rings (SSSR count). The molecule has 0 aromatic rings. The van der Waals surface area contributed by atoms with E-state index in [0.717, 1.165) is 13.2 Å². The van der Waals surface area contributed by atoms with E-state index in [1.165, 1.54) is 13.1 Å². The second-order valence-corrected chi connectivity index (χ2v) is 3.07. The molecule has 1 N–H and O–H groups in total. The molecule has 9 heavy (non-hydrogen) atoms. The van der Waals surface area contributed by atoms with Gasteiger partial charge in [-0.05, 0) is 7.05 Å². The summed E-state index contributed by atoms with van der Waals surface area (Å²) in [6, 6.07) is 0. The maximum atomic E-state index is 5.12. The Morgan fingerprint density at radius 3 is 2.44 bits per heavy atom. The summed E-state index contributed by atoms with van der Waals surface area (Å²) in [5.41, 5.74) is 3.66. The van der Waals surface area contributed by atoms with Crippen molar-refractivity contribution < 1.29 is 4.74 Å². The smallest absolute Gasteiger partial charge is 0.0570 e. The first-order valence-corrected chi connectivity index (χ1v) is 3.35. The average Bonchev–Trinajstić information content (AvgIpc) is 1.59. The molecular weight excluding hydrogens is 116 g/mol. The lowest BCUT2D eigenvalue weighted by molar-refractivity contribution is -0.199. The van der Waals surface area contributed by atoms with Gasteiger partial charge in [-0.3, -0.25) is 5.43 Å². The van der Waals surface area contributed by atoms with Crippen molar-refractivity contribution in [2.24, 2.45) is 5.41 Å². The standard InChI is InChI=1S/C6H12N2O/c1-7-8-2-6(3-8)4-9-5-6/h7H,2-5H2,1H3. The van der Waals surface area contributed by atoms with E-state index in [1.54, 1.807) is 0 Å². The van der Waals surface area contributed by atoms with E-state index in [1.807, 2.05) is 7.05 Å². The lowest BCUT2D eigenvalue weighted by Crippen LogP contribution is -2.68. The van der Waals surface area contributed by atoms with Gasteiger partial charge in [0.1, 0.15) is 0 Å². The normalized spacial score (nSPS) is 31.7. The number of hydrazine groups is 1. The molecule has 2 saturated heterocycles. The van der Waals surface area contributed by atoms with Gasteiger partial charge < -0.3 is 4.74 Å². The Bertz CT molecular complexity index is 114. The molecule has 3 heteroatoms. The fraction of sp³-hybridized carbons (Fsp3) is 1.00.